The second-order valence-electron chi connectivity index (χ2n) is 9.76. The number of hydrogen-bond acceptors (Lipinski definition) is 6. The van der Waals surface area contributed by atoms with Crippen molar-refractivity contribution in [3.8, 4) is 11.1 Å². The molecule has 186 valence electrons. The van der Waals surface area contributed by atoms with E-state index in [1.165, 1.54) is 11.1 Å². The van der Waals surface area contributed by atoms with Gasteiger partial charge in [0.15, 0.2) is 0 Å². The summed E-state index contributed by atoms with van der Waals surface area (Å²) in [5, 5.41) is 15.6. The molecule has 0 spiro atoms. The minimum atomic E-state index is -0.665. The van der Waals surface area contributed by atoms with E-state index in [1.807, 2.05) is 39.8 Å². The van der Waals surface area contributed by atoms with Gasteiger partial charge in [-0.1, -0.05) is 24.3 Å². The molecule has 1 saturated heterocycles. The number of nitrogens with two attached hydrogens (primary N) is 1. The number of carbonyl (C=O) groups is 1. The average Bonchev–Trinajstić information content (AvgIpc) is 3.64. The number of aromatic nitrogens is 4. The van der Waals surface area contributed by atoms with Crippen LogP contribution in [-0.4, -0.2) is 67.5 Å². The van der Waals surface area contributed by atoms with Crippen molar-refractivity contribution in [3.63, 3.8) is 0 Å². The third kappa shape index (κ3) is 4.41. The number of nitrogens with zero attached hydrogens (tertiary/aromatic N) is 5. The van der Waals surface area contributed by atoms with E-state index in [2.05, 4.69) is 39.2 Å². The minimum absolute atomic E-state index is 0.203. The van der Waals surface area contributed by atoms with Crippen molar-refractivity contribution < 1.29 is 14.6 Å². The van der Waals surface area contributed by atoms with E-state index in [-0.39, 0.29) is 18.2 Å². The first-order valence-electron chi connectivity index (χ1n) is 12.5. The van der Waals surface area contributed by atoms with Gasteiger partial charge < -0.3 is 20.0 Å². The Kier molecular flexibility index (Phi) is 6.04. The minimum Gasteiger partial charge on any atom is -0.391 e. The zero-order valence-electron chi connectivity index (χ0n) is 20.1. The van der Waals surface area contributed by atoms with Crippen LogP contribution in [-0.2, 0) is 24.1 Å². The number of aliphatic hydroxyl groups is 1. The molecular formula is C27H30N6O3. The van der Waals surface area contributed by atoms with Crippen molar-refractivity contribution in [3.05, 3.63) is 77.5 Å². The number of rotatable bonds is 7. The normalized spacial score (nSPS) is 19.0. The molecule has 9 heteroatoms. The SMILES string of the molecule is NC(=O)c1nc2ccc(-c3cnn([C@@H]4CCOC4)c3)cn2c1C[C@H](O)CN1CCc2ccccc2C1. The van der Waals surface area contributed by atoms with Crippen LogP contribution < -0.4 is 5.73 Å². The molecule has 0 unspecified atom stereocenters. The molecule has 1 amide bonds. The lowest BCUT2D eigenvalue weighted by molar-refractivity contribution is 0.0983. The van der Waals surface area contributed by atoms with Crippen molar-refractivity contribution in [1.82, 2.24) is 24.1 Å². The Hall–Kier alpha value is -3.53. The van der Waals surface area contributed by atoms with Gasteiger partial charge in [-0.05, 0) is 36.1 Å². The summed E-state index contributed by atoms with van der Waals surface area (Å²) in [7, 11) is 0. The van der Waals surface area contributed by atoms with Gasteiger partial charge in [0.25, 0.3) is 5.91 Å². The monoisotopic (exact) mass is 486 g/mol. The molecule has 1 fully saturated rings. The lowest BCUT2D eigenvalue weighted by Gasteiger charge is -2.30. The molecule has 5 heterocycles. The Labute approximate surface area is 209 Å². The highest BCUT2D eigenvalue weighted by molar-refractivity contribution is 5.93. The molecule has 3 aromatic heterocycles. The largest absolute Gasteiger partial charge is 0.391 e. The van der Waals surface area contributed by atoms with Gasteiger partial charge in [-0.2, -0.15) is 5.10 Å². The molecule has 4 aromatic rings. The highest BCUT2D eigenvalue weighted by Crippen LogP contribution is 2.26. The Morgan fingerprint density at radius 2 is 2.03 bits per heavy atom. The van der Waals surface area contributed by atoms with Crippen LogP contribution in [0.2, 0.25) is 0 Å². The third-order valence-corrected chi connectivity index (χ3v) is 7.27. The first kappa shape index (κ1) is 22.9. The summed E-state index contributed by atoms with van der Waals surface area (Å²) in [4.78, 5) is 19.0. The van der Waals surface area contributed by atoms with Gasteiger partial charge in [0, 0.05) is 56.2 Å². The molecule has 0 bridgehead atoms. The van der Waals surface area contributed by atoms with Crippen LogP contribution in [0.25, 0.3) is 16.8 Å². The van der Waals surface area contributed by atoms with Crippen LogP contribution in [0.1, 0.15) is 39.8 Å². The zero-order chi connectivity index (χ0) is 24.6. The van der Waals surface area contributed by atoms with Crippen LogP contribution in [0.4, 0.5) is 0 Å². The van der Waals surface area contributed by atoms with Crippen LogP contribution in [0.15, 0.2) is 55.0 Å². The lowest BCUT2D eigenvalue weighted by atomic mass is 9.99. The number of benzene rings is 1. The average molecular weight is 487 g/mol. The topological polar surface area (TPSA) is 111 Å². The van der Waals surface area contributed by atoms with Crippen LogP contribution in [0.5, 0.6) is 0 Å². The molecule has 6 rings (SSSR count). The Bertz CT molecular complexity index is 1400. The van der Waals surface area contributed by atoms with E-state index < -0.39 is 12.0 Å². The number of pyridine rings is 1. The fourth-order valence-electron chi connectivity index (χ4n) is 5.37. The van der Waals surface area contributed by atoms with Gasteiger partial charge in [-0.15, -0.1) is 0 Å². The summed E-state index contributed by atoms with van der Waals surface area (Å²) in [6.45, 7) is 3.64. The number of aliphatic hydroxyl groups excluding tert-OH is 1. The van der Waals surface area contributed by atoms with Crippen molar-refractivity contribution in [2.75, 3.05) is 26.3 Å². The molecule has 0 saturated carbocycles. The number of amides is 1. The number of β-amino-alcohol motifs (C(OH)–C–C–N with tert-alkyl or cyclic N) is 1. The van der Waals surface area contributed by atoms with Gasteiger partial charge in [0.2, 0.25) is 0 Å². The number of imidazole rings is 1. The molecule has 36 heavy (non-hydrogen) atoms. The van der Waals surface area contributed by atoms with Gasteiger partial charge >= 0.3 is 0 Å². The van der Waals surface area contributed by atoms with Gasteiger partial charge in [-0.25, -0.2) is 4.98 Å². The van der Waals surface area contributed by atoms with Crippen LogP contribution in [0.3, 0.4) is 0 Å². The van der Waals surface area contributed by atoms with E-state index >= 15 is 0 Å². The quantitative estimate of drug-likeness (QED) is 0.414. The van der Waals surface area contributed by atoms with E-state index in [0.29, 0.717) is 24.5 Å². The van der Waals surface area contributed by atoms with E-state index in [9.17, 15) is 9.90 Å². The smallest absolute Gasteiger partial charge is 0.269 e. The Balaban J connectivity index is 1.25. The molecule has 2 atom stereocenters. The van der Waals surface area contributed by atoms with Crippen molar-refractivity contribution in [2.45, 2.75) is 38.0 Å². The molecular weight excluding hydrogens is 456 g/mol. The summed E-state index contributed by atoms with van der Waals surface area (Å²) in [5.41, 5.74) is 11.7. The first-order valence-corrected chi connectivity index (χ1v) is 12.5. The van der Waals surface area contributed by atoms with E-state index in [0.717, 1.165) is 43.7 Å². The number of fused-ring (bicyclic) bond motifs is 2. The molecule has 0 aliphatic carbocycles. The Morgan fingerprint density at radius 1 is 1.17 bits per heavy atom. The fourth-order valence-corrected chi connectivity index (χ4v) is 5.37. The second-order valence-corrected chi connectivity index (χ2v) is 9.76. The molecule has 2 aliphatic rings. The molecule has 9 nitrogen and oxygen atoms in total. The number of primary amides is 1. The number of hydrogen-bond donors (Lipinski definition) is 2. The summed E-state index contributed by atoms with van der Waals surface area (Å²) >= 11 is 0. The maximum Gasteiger partial charge on any atom is 0.269 e. The predicted molar refractivity (Wildman–Crippen MR) is 135 cm³/mol. The number of carbonyl (C=O) groups excluding carboxylic acids is 1. The third-order valence-electron chi connectivity index (χ3n) is 7.27. The fraction of sp³-hybridized carbons (Fsp3) is 0.370. The molecule has 0 radical (unpaired) electrons. The predicted octanol–water partition coefficient (Wildman–Crippen LogP) is 2.22. The van der Waals surface area contributed by atoms with Crippen LogP contribution in [0, 0.1) is 0 Å². The standard InChI is InChI=1S/C27H30N6O3/c28-27(35)26-24(11-23(34)16-31-9-7-18-3-1-2-4-19(18)13-31)32-14-20(5-6-25(32)30-26)21-12-29-33(15-21)22-8-10-36-17-22/h1-6,12,14-15,22-23,34H,7-11,13,16-17H2,(H2,28,35)/t22-,23+/m1/s1. The summed E-state index contributed by atoms with van der Waals surface area (Å²) in [6, 6.07) is 12.5. The molecule has 3 N–H and O–H groups in total. The first-order chi connectivity index (χ1) is 17.5. The summed E-state index contributed by atoms with van der Waals surface area (Å²) in [5.74, 6) is -0.594. The van der Waals surface area contributed by atoms with E-state index in [1.54, 1.807) is 0 Å². The maximum atomic E-state index is 12.2. The van der Waals surface area contributed by atoms with Crippen molar-refractivity contribution in [2.24, 2.45) is 5.73 Å². The molecule has 2 aliphatic heterocycles. The van der Waals surface area contributed by atoms with Gasteiger partial charge in [-0.3, -0.25) is 14.4 Å². The molecule has 1 aromatic carbocycles. The summed E-state index contributed by atoms with van der Waals surface area (Å²) in [6.07, 6.45) is 7.34. The van der Waals surface area contributed by atoms with Crippen molar-refractivity contribution >= 4 is 11.6 Å². The zero-order valence-corrected chi connectivity index (χ0v) is 20.1. The lowest BCUT2D eigenvalue weighted by Crippen LogP contribution is -2.37. The number of ether oxygens (including phenoxy) is 1. The van der Waals surface area contributed by atoms with Gasteiger partial charge in [0.1, 0.15) is 11.3 Å². The Morgan fingerprint density at radius 3 is 2.83 bits per heavy atom. The van der Waals surface area contributed by atoms with E-state index in [4.69, 9.17) is 10.5 Å². The van der Waals surface area contributed by atoms with Crippen LogP contribution >= 0.6 is 0 Å². The van der Waals surface area contributed by atoms with Gasteiger partial charge in [0.05, 0.1) is 30.6 Å². The highest BCUT2D eigenvalue weighted by atomic mass is 16.5. The highest BCUT2D eigenvalue weighted by Gasteiger charge is 2.24. The van der Waals surface area contributed by atoms with Crippen molar-refractivity contribution in [1.29, 1.82) is 0 Å². The second kappa shape index (κ2) is 9.50. The summed E-state index contributed by atoms with van der Waals surface area (Å²) < 4.78 is 9.32. The maximum absolute atomic E-state index is 12.2.